The third-order valence-electron chi connectivity index (χ3n) is 7.14. The van der Waals surface area contributed by atoms with Crippen LogP contribution in [0.4, 0.5) is 0 Å². The van der Waals surface area contributed by atoms with E-state index < -0.39 is 26.0 Å². The molecule has 50 heavy (non-hydrogen) atoms. The van der Waals surface area contributed by atoms with E-state index in [1.165, 1.54) is 58.3 Å². The van der Waals surface area contributed by atoms with Crippen LogP contribution in [0.3, 0.4) is 0 Å². The van der Waals surface area contributed by atoms with Crippen LogP contribution in [-0.2, 0) is 27.7 Å². The second-order valence-electron chi connectivity index (χ2n) is 12.1. The van der Waals surface area contributed by atoms with Crippen molar-refractivity contribution in [1.82, 2.24) is 0 Å². The number of allylic oxidation sites excluding steroid dienone is 16. The molecule has 2 N–H and O–H groups in total. The Morgan fingerprint density at radius 3 is 1.06 bits per heavy atom. The number of phosphoric acid groups is 1. The summed E-state index contributed by atoms with van der Waals surface area (Å²) in [6.45, 7) is 5.86. The second kappa shape index (κ2) is 35.8. The molecule has 0 aliphatic carbocycles. The van der Waals surface area contributed by atoms with Crippen molar-refractivity contribution in [1.29, 1.82) is 0 Å². The largest absolute Gasteiger partial charge is 0.593 e. The number of carbonyl (C=O) groups excluding carboxylic acids is 2. The lowest BCUT2D eigenvalue weighted by Crippen LogP contribution is -2.21. The first-order valence-electron chi connectivity index (χ1n) is 19.0. The SMILES string of the molecule is CCCCC/C=C\C/C=C\C/C=C\C/C=C\CCCC(=O)OP(=O)(OC(=O)CCC/C=C\C/C=C\C/C=C\C/C=C\CCCCC)OC(C)N. The molecule has 0 bridgehead atoms. The van der Waals surface area contributed by atoms with E-state index in [1.807, 2.05) is 24.3 Å². The lowest BCUT2D eigenvalue weighted by Gasteiger charge is -2.18. The fourth-order valence-corrected chi connectivity index (χ4v) is 5.67. The molecular weight excluding hydrogens is 645 g/mol. The van der Waals surface area contributed by atoms with Crippen LogP contribution in [0, 0.1) is 0 Å². The average molecular weight is 714 g/mol. The zero-order valence-corrected chi connectivity index (χ0v) is 32.3. The summed E-state index contributed by atoms with van der Waals surface area (Å²) < 4.78 is 28.0. The Bertz CT molecular complexity index is 1050. The summed E-state index contributed by atoms with van der Waals surface area (Å²) >= 11 is 0. The minimum absolute atomic E-state index is 0.00788. The fraction of sp³-hybridized carbons (Fsp3) is 0.571. The van der Waals surface area contributed by atoms with E-state index in [2.05, 4.69) is 86.8 Å². The van der Waals surface area contributed by atoms with Gasteiger partial charge < -0.3 is 14.8 Å². The van der Waals surface area contributed by atoms with Crippen molar-refractivity contribution < 1.29 is 27.7 Å². The number of hydrogen-bond donors (Lipinski definition) is 1. The Morgan fingerprint density at radius 1 is 0.500 bits per heavy atom. The monoisotopic (exact) mass is 713 g/mol. The minimum atomic E-state index is -4.47. The molecule has 0 aliphatic rings. The molecule has 0 saturated carbocycles. The Kier molecular flexibility index (Phi) is 33.7. The number of rotatable bonds is 32. The van der Waals surface area contributed by atoms with Crippen LogP contribution in [0.15, 0.2) is 97.2 Å². The summed E-state index contributed by atoms with van der Waals surface area (Å²) in [5, 5.41) is 0. The van der Waals surface area contributed by atoms with Crippen LogP contribution in [0.5, 0.6) is 0 Å². The average Bonchev–Trinajstić information content (AvgIpc) is 3.07. The summed E-state index contributed by atoms with van der Waals surface area (Å²) in [7, 11) is -4.47. The molecule has 8 heteroatoms. The molecule has 1 atom stereocenters. The Balaban J connectivity index is 4.18. The van der Waals surface area contributed by atoms with Crippen molar-refractivity contribution in [2.45, 2.75) is 155 Å². The first kappa shape index (κ1) is 47.0. The fourth-order valence-electron chi connectivity index (χ4n) is 4.46. The number of nitrogens with two attached hydrogens (primary N) is 1. The molecule has 0 aliphatic heterocycles. The van der Waals surface area contributed by atoms with Gasteiger partial charge in [0, 0.05) is 12.8 Å². The predicted molar refractivity (Wildman–Crippen MR) is 211 cm³/mol. The van der Waals surface area contributed by atoms with Gasteiger partial charge in [-0.1, -0.05) is 137 Å². The van der Waals surface area contributed by atoms with Crippen LogP contribution in [0.25, 0.3) is 0 Å². The Morgan fingerprint density at radius 2 is 0.780 bits per heavy atom. The first-order valence-corrected chi connectivity index (χ1v) is 20.5. The molecule has 1 unspecified atom stereocenters. The normalized spacial score (nSPS) is 13.6. The van der Waals surface area contributed by atoms with Gasteiger partial charge in [-0.25, -0.2) is 9.09 Å². The molecule has 0 heterocycles. The van der Waals surface area contributed by atoms with Gasteiger partial charge >= 0.3 is 19.8 Å². The van der Waals surface area contributed by atoms with E-state index in [9.17, 15) is 14.2 Å². The number of phosphoric ester groups is 1. The van der Waals surface area contributed by atoms with E-state index in [0.29, 0.717) is 25.7 Å². The van der Waals surface area contributed by atoms with Gasteiger partial charge in [-0.15, -0.1) is 0 Å². The molecule has 0 aromatic heterocycles. The second-order valence-corrected chi connectivity index (χ2v) is 13.6. The van der Waals surface area contributed by atoms with Gasteiger partial charge in [-0.05, 0) is 96.8 Å². The molecule has 0 amide bonds. The third-order valence-corrected chi connectivity index (χ3v) is 8.59. The van der Waals surface area contributed by atoms with Gasteiger partial charge in [-0.3, -0.25) is 9.59 Å². The number of unbranched alkanes of at least 4 members (excludes halogenated alkanes) is 8. The summed E-state index contributed by atoms with van der Waals surface area (Å²) in [6.07, 6.45) is 50.9. The molecule has 0 aromatic carbocycles. The maximum Gasteiger partial charge on any atom is 0.593 e. The maximum absolute atomic E-state index is 13.0. The highest BCUT2D eigenvalue weighted by Gasteiger charge is 2.36. The molecular formula is C42H68NO6P. The number of hydrogen-bond acceptors (Lipinski definition) is 7. The van der Waals surface area contributed by atoms with Gasteiger partial charge in [0.2, 0.25) is 0 Å². The highest BCUT2D eigenvalue weighted by atomic mass is 31.2. The minimum Gasteiger partial charge on any atom is -0.361 e. The quantitative estimate of drug-likeness (QED) is 0.0320. The van der Waals surface area contributed by atoms with E-state index in [-0.39, 0.29) is 12.8 Å². The van der Waals surface area contributed by atoms with E-state index in [1.54, 1.807) is 0 Å². The maximum atomic E-state index is 13.0. The molecule has 282 valence electrons. The van der Waals surface area contributed by atoms with Crippen molar-refractivity contribution in [2.75, 3.05) is 0 Å². The Labute approximate surface area is 305 Å². The predicted octanol–water partition coefficient (Wildman–Crippen LogP) is 12.8. The van der Waals surface area contributed by atoms with Crippen LogP contribution in [0.2, 0.25) is 0 Å². The van der Waals surface area contributed by atoms with E-state index in [0.717, 1.165) is 38.5 Å². The summed E-state index contributed by atoms with van der Waals surface area (Å²) in [5.41, 5.74) is 5.60. The van der Waals surface area contributed by atoms with Crippen LogP contribution < -0.4 is 5.73 Å². The van der Waals surface area contributed by atoms with Gasteiger partial charge in [0.15, 0.2) is 0 Å². The third kappa shape index (κ3) is 34.9. The number of carbonyl (C=O) groups is 2. The lowest BCUT2D eigenvalue weighted by atomic mass is 10.2. The van der Waals surface area contributed by atoms with Crippen LogP contribution in [-0.4, -0.2) is 18.2 Å². The van der Waals surface area contributed by atoms with Gasteiger partial charge in [-0.2, -0.15) is 0 Å². The first-order chi connectivity index (χ1) is 24.3. The van der Waals surface area contributed by atoms with E-state index >= 15 is 0 Å². The van der Waals surface area contributed by atoms with Crippen molar-refractivity contribution >= 4 is 19.8 Å². The zero-order valence-electron chi connectivity index (χ0n) is 31.4. The van der Waals surface area contributed by atoms with Crippen molar-refractivity contribution in [3.63, 3.8) is 0 Å². The van der Waals surface area contributed by atoms with E-state index in [4.69, 9.17) is 19.3 Å². The highest BCUT2D eigenvalue weighted by Crippen LogP contribution is 2.51. The smallest absolute Gasteiger partial charge is 0.361 e. The highest BCUT2D eigenvalue weighted by molar-refractivity contribution is 7.49. The lowest BCUT2D eigenvalue weighted by molar-refractivity contribution is -0.141. The van der Waals surface area contributed by atoms with Crippen molar-refractivity contribution in [2.24, 2.45) is 5.73 Å². The summed E-state index contributed by atoms with van der Waals surface area (Å²) in [4.78, 5) is 24.7. The molecule has 0 saturated heterocycles. The topological polar surface area (TPSA) is 105 Å². The standard InChI is InChI=1S/C42H68NO6P/c1-4-6-8-10-12-14-16-18-20-22-24-26-28-30-32-34-36-38-41(44)48-50(46,47-40(3)43)49-42(45)39-37-35-33-31-29-27-25-23-21-19-17-15-13-11-9-7-5-2/h12-15,18-21,24-27,30-33,40H,4-11,16-17,22-23,28-29,34-39,43H2,1-3H3/b14-12-,15-13-,20-18-,21-19-,26-24-,27-25-,32-30-,33-31-. The molecule has 0 aromatic rings. The molecule has 0 spiro atoms. The van der Waals surface area contributed by atoms with Gasteiger partial charge in [0.1, 0.15) is 6.23 Å². The van der Waals surface area contributed by atoms with Crippen LogP contribution in [0.1, 0.15) is 149 Å². The molecule has 0 rings (SSSR count). The molecule has 7 nitrogen and oxygen atoms in total. The molecule has 0 radical (unpaired) electrons. The van der Waals surface area contributed by atoms with Crippen molar-refractivity contribution in [3.8, 4) is 0 Å². The van der Waals surface area contributed by atoms with Gasteiger partial charge in [0.25, 0.3) is 0 Å². The summed E-state index contributed by atoms with van der Waals surface area (Å²) in [5.74, 6) is -1.53. The zero-order chi connectivity index (χ0) is 36.8. The van der Waals surface area contributed by atoms with Gasteiger partial charge in [0.05, 0.1) is 0 Å². The Hall–Kier alpha value is -2.99. The molecule has 0 fully saturated rings. The van der Waals surface area contributed by atoms with Crippen molar-refractivity contribution in [3.05, 3.63) is 97.2 Å². The van der Waals surface area contributed by atoms with Crippen LogP contribution >= 0.6 is 7.82 Å². The summed E-state index contributed by atoms with van der Waals surface area (Å²) in [6, 6.07) is 0.